The van der Waals surface area contributed by atoms with Gasteiger partial charge in [-0.05, 0) is 0 Å². The van der Waals surface area contributed by atoms with Gasteiger partial charge in [-0.25, -0.2) is 4.98 Å². The van der Waals surface area contributed by atoms with E-state index in [1.807, 2.05) is 0 Å². The Bertz CT molecular complexity index is 130. The molecule has 0 radical (unpaired) electrons. The quantitative estimate of drug-likeness (QED) is 0.519. The molecular weight excluding hydrogens is 145 g/mol. The van der Waals surface area contributed by atoms with E-state index in [4.69, 9.17) is 14.4 Å². The van der Waals surface area contributed by atoms with Crippen molar-refractivity contribution in [3.8, 4) is 0 Å². The zero-order valence-corrected chi connectivity index (χ0v) is 5.23. The van der Waals surface area contributed by atoms with Crippen LogP contribution < -0.4 is 0 Å². The largest absolute Gasteiger partial charge is 0.692 e. The molecule has 0 fully saturated rings. The van der Waals surface area contributed by atoms with Crippen molar-refractivity contribution in [2.45, 2.75) is 0 Å². The molecule has 1 aromatic rings. The molecule has 0 aliphatic heterocycles. The van der Waals surface area contributed by atoms with Gasteiger partial charge in [-0.3, -0.25) is 0 Å². The number of aromatic nitrogens is 1. The molecule has 0 unspecified atom stereocenters. The molecule has 0 saturated carbocycles. The summed E-state index contributed by atoms with van der Waals surface area (Å²) >= 11 is 0. The summed E-state index contributed by atoms with van der Waals surface area (Å²) in [5, 5.41) is 0. The van der Waals surface area contributed by atoms with E-state index in [1.54, 1.807) is 6.20 Å². The lowest BCUT2D eigenvalue weighted by Gasteiger charge is -1.47. The topological polar surface area (TPSA) is 83.6 Å². The highest BCUT2D eigenvalue weighted by molar-refractivity contribution is 7.30. The van der Waals surface area contributed by atoms with Crippen LogP contribution in [0.3, 0.4) is 0 Å². The molecule has 1 rings (SSSR count). The molecule has 9 heavy (non-hydrogen) atoms. The Labute approximate surface area is 51.9 Å². The van der Waals surface area contributed by atoms with Crippen molar-refractivity contribution in [1.82, 2.24) is 4.98 Å². The van der Waals surface area contributed by atoms with Crippen molar-refractivity contribution in [3.05, 3.63) is 18.9 Å². The third-order valence-electron chi connectivity index (χ3n) is 0.347. The van der Waals surface area contributed by atoms with Crippen LogP contribution in [0.1, 0.15) is 0 Å². The predicted octanol–water partition coefficient (Wildman–Crippen LogP) is 0.303. The lowest BCUT2D eigenvalue weighted by Crippen LogP contribution is -1.38. The molecule has 1 heterocycles. The predicted molar refractivity (Wildman–Crippen MR) is 28.5 cm³/mol. The van der Waals surface area contributed by atoms with Crippen LogP contribution in [0.4, 0.5) is 0 Å². The summed E-state index contributed by atoms with van der Waals surface area (Å²) in [5.74, 6) is 0. The summed E-state index contributed by atoms with van der Waals surface area (Å²) in [7, 11) is -2.87. The highest BCUT2D eigenvalue weighted by Crippen LogP contribution is 1.98. The first-order chi connectivity index (χ1) is 4.23. The Morgan fingerprint density at radius 2 is 2.11 bits per heavy atom. The van der Waals surface area contributed by atoms with Gasteiger partial charge in [0.25, 0.3) is 0 Å². The minimum Gasteiger partial charge on any atom is -0.452 e. The molecule has 1 aromatic heterocycles. The second-order valence-electron chi connectivity index (χ2n) is 0.928. The fourth-order valence-corrected chi connectivity index (χ4v) is 0.176. The fraction of sp³-hybridized carbons (Fsp3) is 0. The average Bonchev–Trinajstić information content (AvgIpc) is 2.11. The number of rotatable bonds is 0. The molecule has 6 heteroatoms. The maximum Gasteiger partial charge on any atom is 0.692 e. The van der Waals surface area contributed by atoms with Crippen molar-refractivity contribution in [1.29, 1.82) is 0 Å². The monoisotopic (exact) mass is 150 g/mol. The number of nitrogens with zero attached hydrogens (tertiary/aromatic N) is 1. The molecule has 0 aromatic carbocycles. The molecular formula is C3H5NO4P+. The maximum absolute atomic E-state index is 8.70. The Balaban J connectivity index is 0.000000148. The summed E-state index contributed by atoms with van der Waals surface area (Å²) in [4.78, 5) is 17.8. The average molecular weight is 150 g/mol. The van der Waals surface area contributed by atoms with Gasteiger partial charge in [0.2, 0.25) is 0 Å². The second kappa shape index (κ2) is 5.37. The van der Waals surface area contributed by atoms with E-state index in [9.17, 15) is 0 Å². The van der Waals surface area contributed by atoms with Crippen molar-refractivity contribution < 1.29 is 18.8 Å². The molecule has 0 saturated heterocycles. The summed E-state index contributed by atoms with van der Waals surface area (Å²) in [6, 6.07) is 0. The van der Waals surface area contributed by atoms with Gasteiger partial charge in [0.15, 0.2) is 6.39 Å². The minimum absolute atomic E-state index is 1.38. The summed E-state index contributed by atoms with van der Waals surface area (Å²) in [6.45, 7) is 0. The summed E-state index contributed by atoms with van der Waals surface area (Å²) < 4.78 is 13.2. The van der Waals surface area contributed by atoms with Crippen LogP contribution in [0.2, 0.25) is 0 Å². The lowest BCUT2D eigenvalue weighted by molar-refractivity contribution is 0.405. The van der Waals surface area contributed by atoms with Crippen molar-refractivity contribution in [3.63, 3.8) is 0 Å². The Kier molecular flexibility index (Phi) is 4.91. The Morgan fingerprint density at radius 3 is 2.22 bits per heavy atom. The Hall–Kier alpha value is -0.770. The van der Waals surface area contributed by atoms with E-state index in [1.165, 1.54) is 12.7 Å². The first-order valence-electron chi connectivity index (χ1n) is 1.90. The van der Waals surface area contributed by atoms with Crippen molar-refractivity contribution in [2.24, 2.45) is 0 Å². The van der Waals surface area contributed by atoms with Gasteiger partial charge in [0.1, 0.15) is 6.26 Å². The molecule has 0 amide bonds. The zero-order chi connectivity index (χ0) is 7.11. The highest BCUT2D eigenvalue weighted by atomic mass is 31.1. The molecule has 0 spiro atoms. The van der Waals surface area contributed by atoms with Crippen LogP contribution in [0.25, 0.3) is 0 Å². The standard InChI is InChI=1S/C3H3NO.HO3P/c1-2-5-3-4-1;1-4(2)3/h1-3H;(H-,1,2,3)/p+1. The molecule has 0 aliphatic carbocycles. The van der Waals surface area contributed by atoms with Crippen LogP contribution >= 0.6 is 8.25 Å². The SMILES string of the molecule is O=[P+](O)O.c1cocn1. The lowest BCUT2D eigenvalue weighted by atomic mass is 11.0. The van der Waals surface area contributed by atoms with E-state index in [2.05, 4.69) is 9.40 Å². The fourth-order valence-electron chi connectivity index (χ4n) is 0.176. The molecule has 5 nitrogen and oxygen atoms in total. The molecule has 2 N–H and O–H groups in total. The van der Waals surface area contributed by atoms with Crippen LogP contribution in [0.15, 0.2) is 23.3 Å². The number of hydrogen-bond acceptors (Lipinski definition) is 3. The summed E-state index contributed by atoms with van der Waals surface area (Å²) in [6.07, 6.45) is 4.47. The van der Waals surface area contributed by atoms with E-state index >= 15 is 0 Å². The van der Waals surface area contributed by atoms with Crippen LogP contribution in [0, 0.1) is 0 Å². The molecule has 0 bridgehead atoms. The van der Waals surface area contributed by atoms with Gasteiger partial charge in [0, 0.05) is 4.57 Å². The highest BCUT2D eigenvalue weighted by Gasteiger charge is 1.93. The van der Waals surface area contributed by atoms with Crippen LogP contribution in [-0.4, -0.2) is 14.8 Å². The van der Waals surface area contributed by atoms with E-state index < -0.39 is 8.25 Å². The van der Waals surface area contributed by atoms with Crippen LogP contribution in [0.5, 0.6) is 0 Å². The first kappa shape index (κ1) is 8.23. The third-order valence-corrected chi connectivity index (χ3v) is 0.347. The van der Waals surface area contributed by atoms with Gasteiger partial charge in [0.05, 0.1) is 6.20 Å². The summed E-state index contributed by atoms with van der Waals surface area (Å²) in [5.41, 5.74) is 0. The maximum atomic E-state index is 8.70. The number of oxazole rings is 1. The van der Waals surface area contributed by atoms with Gasteiger partial charge in [-0.2, -0.15) is 0 Å². The minimum atomic E-state index is -2.87. The van der Waals surface area contributed by atoms with E-state index in [0.29, 0.717) is 0 Å². The van der Waals surface area contributed by atoms with Crippen molar-refractivity contribution in [2.75, 3.05) is 0 Å². The van der Waals surface area contributed by atoms with E-state index in [0.717, 1.165) is 0 Å². The van der Waals surface area contributed by atoms with Crippen LogP contribution in [-0.2, 0) is 4.57 Å². The third kappa shape index (κ3) is 11.1. The van der Waals surface area contributed by atoms with Gasteiger partial charge in [-0.15, -0.1) is 9.79 Å². The van der Waals surface area contributed by atoms with Gasteiger partial charge < -0.3 is 4.42 Å². The smallest absolute Gasteiger partial charge is 0.452 e. The van der Waals surface area contributed by atoms with Gasteiger partial charge >= 0.3 is 8.25 Å². The number of hydrogen-bond donors (Lipinski definition) is 2. The molecule has 50 valence electrons. The molecule has 0 atom stereocenters. The van der Waals surface area contributed by atoms with E-state index in [-0.39, 0.29) is 0 Å². The Morgan fingerprint density at radius 1 is 1.56 bits per heavy atom. The second-order valence-corrected chi connectivity index (χ2v) is 1.43. The van der Waals surface area contributed by atoms with Gasteiger partial charge in [-0.1, -0.05) is 0 Å². The molecule has 0 aliphatic rings. The first-order valence-corrected chi connectivity index (χ1v) is 3.07. The zero-order valence-electron chi connectivity index (χ0n) is 4.34. The normalized spacial score (nSPS) is 7.33. The van der Waals surface area contributed by atoms with Crippen molar-refractivity contribution >= 4 is 8.25 Å².